The second-order valence-corrected chi connectivity index (χ2v) is 3.66. The Labute approximate surface area is 95.5 Å². The van der Waals surface area contributed by atoms with Crippen LogP contribution < -0.4 is 0 Å². The van der Waals surface area contributed by atoms with Crippen LogP contribution in [-0.4, -0.2) is 41.8 Å². The molecule has 0 spiro atoms. The molecule has 0 rings (SSSR count). The molecule has 0 unspecified atom stereocenters. The Kier molecular flexibility index (Phi) is 7.13. The van der Waals surface area contributed by atoms with Crippen LogP contribution in [0.4, 0.5) is 0 Å². The molecule has 0 radical (unpaired) electrons. The first-order valence-corrected chi connectivity index (χ1v) is 5.57. The van der Waals surface area contributed by atoms with Gasteiger partial charge in [-0.25, -0.2) is 0 Å². The van der Waals surface area contributed by atoms with Crippen LogP contribution in [0.3, 0.4) is 0 Å². The highest BCUT2D eigenvalue weighted by molar-refractivity contribution is 6.27. The Bertz CT molecular complexity index is 219. The Balaban J connectivity index is 3.90. The summed E-state index contributed by atoms with van der Waals surface area (Å²) in [5.74, 6) is -0.491. The minimum Gasteiger partial charge on any atom is -0.463 e. The fourth-order valence-corrected chi connectivity index (χ4v) is 1.26. The van der Waals surface area contributed by atoms with Gasteiger partial charge in [0, 0.05) is 13.1 Å². The summed E-state index contributed by atoms with van der Waals surface area (Å²) in [5.41, 5.74) is 0. The van der Waals surface area contributed by atoms with Gasteiger partial charge in [-0.2, -0.15) is 0 Å². The first kappa shape index (κ1) is 14.2. The predicted octanol–water partition coefficient (Wildman–Crippen LogP) is 1.42. The molecule has 0 aromatic rings. The summed E-state index contributed by atoms with van der Waals surface area (Å²) in [5, 5.41) is 0. The van der Waals surface area contributed by atoms with Gasteiger partial charge < -0.3 is 9.64 Å². The topological polar surface area (TPSA) is 46.6 Å². The van der Waals surface area contributed by atoms with Crippen molar-refractivity contribution >= 4 is 23.5 Å². The first-order valence-electron chi connectivity index (χ1n) is 5.04. The number of hydrogen-bond donors (Lipinski definition) is 0. The number of hydrogen-bond acceptors (Lipinski definition) is 3. The Morgan fingerprint density at radius 3 is 2.40 bits per heavy atom. The molecule has 0 saturated heterocycles. The number of nitrogens with zero attached hydrogens (tertiary/aromatic N) is 1. The van der Waals surface area contributed by atoms with Gasteiger partial charge in [0.2, 0.25) is 5.91 Å². The molecule has 1 amide bonds. The van der Waals surface area contributed by atoms with Crippen molar-refractivity contribution in [2.24, 2.45) is 0 Å². The van der Waals surface area contributed by atoms with Crippen LogP contribution in [0.25, 0.3) is 0 Å². The van der Waals surface area contributed by atoms with Crippen molar-refractivity contribution in [2.45, 2.75) is 33.3 Å². The molecule has 0 aliphatic heterocycles. The molecule has 4 nitrogen and oxygen atoms in total. The van der Waals surface area contributed by atoms with E-state index in [-0.39, 0.29) is 30.3 Å². The number of ether oxygens (including phenoxy) is 1. The number of amides is 1. The number of esters is 1. The second kappa shape index (κ2) is 7.51. The Morgan fingerprint density at radius 2 is 2.00 bits per heavy atom. The number of halogens is 1. The molecular formula is C10H18ClNO3. The van der Waals surface area contributed by atoms with Crippen molar-refractivity contribution in [1.82, 2.24) is 4.90 Å². The molecule has 0 bridgehead atoms. The molecule has 0 N–H and O–H groups in total. The maximum absolute atomic E-state index is 11.2. The van der Waals surface area contributed by atoms with E-state index in [1.807, 2.05) is 6.92 Å². The van der Waals surface area contributed by atoms with E-state index < -0.39 is 0 Å². The van der Waals surface area contributed by atoms with Crippen molar-refractivity contribution in [3.8, 4) is 0 Å². The van der Waals surface area contributed by atoms with Crippen LogP contribution in [0.5, 0.6) is 0 Å². The van der Waals surface area contributed by atoms with Crippen LogP contribution in [0.15, 0.2) is 0 Å². The van der Waals surface area contributed by atoms with Gasteiger partial charge in [-0.15, -0.1) is 11.6 Å². The first-order chi connectivity index (χ1) is 7.01. The highest BCUT2D eigenvalue weighted by atomic mass is 35.5. The maximum Gasteiger partial charge on any atom is 0.307 e. The van der Waals surface area contributed by atoms with Crippen molar-refractivity contribution in [3.63, 3.8) is 0 Å². The SMILES string of the molecule is CCN(CCC(=O)OC(C)C)C(=O)CCl. The molecule has 15 heavy (non-hydrogen) atoms. The minimum atomic E-state index is -0.286. The predicted molar refractivity (Wildman–Crippen MR) is 58.8 cm³/mol. The molecule has 0 aromatic heterocycles. The van der Waals surface area contributed by atoms with E-state index >= 15 is 0 Å². The zero-order valence-electron chi connectivity index (χ0n) is 9.46. The van der Waals surface area contributed by atoms with Gasteiger partial charge in [-0.3, -0.25) is 9.59 Å². The smallest absolute Gasteiger partial charge is 0.307 e. The Morgan fingerprint density at radius 1 is 1.40 bits per heavy atom. The summed E-state index contributed by atoms with van der Waals surface area (Å²) in [7, 11) is 0. The van der Waals surface area contributed by atoms with Crippen LogP contribution in [0.2, 0.25) is 0 Å². The quantitative estimate of drug-likeness (QED) is 0.517. The normalized spacial score (nSPS) is 10.2. The van der Waals surface area contributed by atoms with Crippen molar-refractivity contribution in [3.05, 3.63) is 0 Å². The van der Waals surface area contributed by atoms with Crippen LogP contribution in [-0.2, 0) is 14.3 Å². The molecule has 5 heteroatoms. The number of carbonyl (C=O) groups is 2. The fourth-order valence-electron chi connectivity index (χ4n) is 1.09. The van der Waals surface area contributed by atoms with E-state index in [4.69, 9.17) is 16.3 Å². The largest absolute Gasteiger partial charge is 0.463 e. The average Bonchev–Trinajstić information content (AvgIpc) is 2.17. The van der Waals surface area contributed by atoms with Crippen molar-refractivity contribution in [2.75, 3.05) is 19.0 Å². The lowest BCUT2D eigenvalue weighted by atomic mass is 10.3. The van der Waals surface area contributed by atoms with Crippen molar-refractivity contribution in [1.29, 1.82) is 0 Å². The summed E-state index contributed by atoms with van der Waals surface area (Å²) in [4.78, 5) is 23.9. The fraction of sp³-hybridized carbons (Fsp3) is 0.800. The third-order valence-corrected chi connectivity index (χ3v) is 2.03. The molecular weight excluding hydrogens is 218 g/mol. The zero-order chi connectivity index (χ0) is 11.8. The van der Waals surface area contributed by atoms with Gasteiger partial charge in [-0.05, 0) is 20.8 Å². The van der Waals surface area contributed by atoms with Crippen LogP contribution in [0, 0.1) is 0 Å². The van der Waals surface area contributed by atoms with E-state index in [2.05, 4.69) is 0 Å². The summed E-state index contributed by atoms with van der Waals surface area (Å²) >= 11 is 5.42. The molecule has 0 atom stereocenters. The summed E-state index contributed by atoms with van der Waals surface area (Å²) in [6, 6.07) is 0. The minimum absolute atomic E-state index is 0.0485. The van der Waals surface area contributed by atoms with E-state index in [0.717, 1.165) is 0 Å². The average molecular weight is 236 g/mol. The van der Waals surface area contributed by atoms with Crippen LogP contribution >= 0.6 is 11.6 Å². The third kappa shape index (κ3) is 6.33. The molecule has 0 aliphatic rings. The summed E-state index contributed by atoms with van der Waals surface area (Å²) in [6.07, 6.45) is 0.102. The van der Waals surface area contributed by atoms with E-state index in [0.29, 0.717) is 13.1 Å². The summed E-state index contributed by atoms with van der Waals surface area (Å²) in [6.45, 7) is 6.35. The molecule has 88 valence electrons. The summed E-state index contributed by atoms with van der Waals surface area (Å²) < 4.78 is 4.95. The maximum atomic E-state index is 11.2. The molecule has 0 aliphatic carbocycles. The highest BCUT2D eigenvalue weighted by Crippen LogP contribution is 1.98. The van der Waals surface area contributed by atoms with Gasteiger partial charge in [-0.1, -0.05) is 0 Å². The number of rotatable bonds is 6. The van der Waals surface area contributed by atoms with E-state index in [1.165, 1.54) is 4.90 Å². The van der Waals surface area contributed by atoms with Gasteiger partial charge in [0.05, 0.1) is 12.5 Å². The van der Waals surface area contributed by atoms with E-state index in [9.17, 15) is 9.59 Å². The lowest BCUT2D eigenvalue weighted by molar-refractivity contribution is -0.148. The van der Waals surface area contributed by atoms with Gasteiger partial charge in [0.25, 0.3) is 0 Å². The Hall–Kier alpha value is -0.770. The van der Waals surface area contributed by atoms with Gasteiger partial charge >= 0.3 is 5.97 Å². The lowest BCUT2D eigenvalue weighted by Gasteiger charge is -2.19. The third-order valence-electron chi connectivity index (χ3n) is 1.80. The molecule has 0 saturated carbocycles. The molecule has 0 heterocycles. The highest BCUT2D eigenvalue weighted by Gasteiger charge is 2.13. The molecule has 0 aromatic carbocycles. The van der Waals surface area contributed by atoms with Crippen LogP contribution in [0.1, 0.15) is 27.2 Å². The second-order valence-electron chi connectivity index (χ2n) is 3.40. The monoisotopic (exact) mass is 235 g/mol. The molecule has 0 fully saturated rings. The zero-order valence-corrected chi connectivity index (χ0v) is 10.2. The number of carbonyl (C=O) groups excluding carboxylic acids is 2. The van der Waals surface area contributed by atoms with E-state index in [1.54, 1.807) is 13.8 Å². The van der Waals surface area contributed by atoms with Gasteiger partial charge in [0.1, 0.15) is 5.88 Å². The number of alkyl halides is 1. The van der Waals surface area contributed by atoms with Crippen molar-refractivity contribution < 1.29 is 14.3 Å². The lowest BCUT2D eigenvalue weighted by Crippen LogP contribution is -2.34. The standard InChI is InChI=1S/C10H18ClNO3/c1-4-12(9(13)7-11)6-5-10(14)15-8(2)3/h8H,4-7H2,1-3H3. The van der Waals surface area contributed by atoms with Gasteiger partial charge in [0.15, 0.2) is 0 Å².